The molecule has 0 aliphatic carbocycles. The summed E-state index contributed by atoms with van der Waals surface area (Å²) in [4.78, 5) is 11.5. The minimum Gasteiger partial charge on any atom is -0.480 e. The Hall–Kier alpha value is -0.970. The molecule has 0 heterocycles. The van der Waals surface area contributed by atoms with Crippen molar-refractivity contribution in [3.63, 3.8) is 0 Å². The van der Waals surface area contributed by atoms with Gasteiger partial charge in [0.15, 0.2) is 6.61 Å². The molecule has 1 aromatic rings. The number of nitrogens with one attached hydrogen (secondary N) is 1. The number of hydrogen-bond donors (Lipinski definition) is 1. The average molecular weight is 334 g/mol. The highest BCUT2D eigenvalue weighted by atomic mass is 35.5. The predicted molar refractivity (Wildman–Crippen MR) is 85.2 cm³/mol. The van der Waals surface area contributed by atoms with Gasteiger partial charge in [0.05, 0.1) is 11.1 Å². The molecule has 0 amide bonds. The first-order valence-electron chi connectivity index (χ1n) is 6.95. The van der Waals surface area contributed by atoms with E-state index >= 15 is 0 Å². The fourth-order valence-electron chi connectivity index (χ4n) is 1.73. The van der Waals surface area contributed by atoms with E-state index in [0.29, 0.717) is 22.3 Å². The van der Waals surface area contributed by atoms with Crippen molar-refractivity contribution in [3.8, 4) is 5.75 Å². The molecule has 0 radical (unpaired) electrons. The van der Waals surface area contributed by atoms with Gasteiger partial charge in [-0.2, -0.15) is 0 Å². The zero-order chi connectivity index (χ0) is 15.8. The molecule has 4 nitrogen and oxygen atoms in total. The molecule has 0 spiro atoms. The maximum absolute atomic E-state index is 11.5. The lowest BCUT2D eigenvalue weighted by Crippen LogP contribution is -2.20. The Morgan fingerprint density at radius 1 is 1.33 bits per heavy atom. The zero-order valence-corrected chi connectivity index (χ0v) is 14.1. The van der Waals surface area contributed by atoms with Gasteiger partial charge in [-0.25, -0.2) is 4.79 Å². The average Bonchev–Trinajstić information content (AvgIpc) is 2.36. The van der Waals surface area contributed by atoms with Gasteiger partial charge in [-0.3, -0.25) is 0 Å². The maximum atomic E-state index is 11.5. The van der Waals surface area contributed by atoms with Crippen LogP contribution in [0.3, 0.4) is 0 Å². The van der Waals surface area contributed by atoms with E-state index in [2.05, 4.69) is 12.2 Å². The quantitative estimate of drug-likeness (QED) is 0.580. The van der Waals surface area contributed by atoms with Gasteiger partial charge in [0.2, 0.25) is 0 Å². The summed E-state index contributed by atoms with van der Waals surface area (Å²) in [6.45, 7) is 6.92. The van der Waals surface area contributed by atoms with Crippen LogP contribution in [0.15, 0.2) is 12.1 Å². The van der Waals surface area contributed by atoms with E-state index in [1.54, 1.807) is 26.0 Å². The van der Waals surface area contributed by atoms with Crippen LogP contribution in [0, 0.1) is 0 Å². The van der Waals surface area contributed by atoms with Gasteiger partial charge in [0.25, 0.3) is 0 Å². The molecule has 6 heteroatoms. The Kier molecular flexibility index (Phi) is 7.86. The minimum absolute atomic E-state index is 0.174. The van der Waals surface area contributed by atoms with E-state index in [0.717, 1.165) is 18.5 Å². The molecule has 1 rings (SSSR count). The van der Waals surface area contributed by atoms with Crippen LogP contribution in [-0.4, -0.2) is 25.2 Å². The van der Waals surface area contributed by atoms with Crippen LogP contribution >= 0.6 is 23.2 Å². The van der Waals surface area contributed by atoms with Gasteiger partial charge < -0.3 is 14.8 Å². The first kappa shape index (κ1) is 18.1. The molecule has 0 aliphatic heterocycles. The third-order valence-electron chi connectivity index (χ3n) is 2.53. The molecule has 0 bridgehead atoms. The van der Waals surface area contributed by atoms with E-state index in [1.165, 1.54) is 0 Å². The molecule has 0 unspecified atom stereocenters. The van der Waals surface area contributed by atoms with Gasteiger partial charge >= 0.3 is 5.97 Å². The van der Waals surface area contributed by atoms with E-state index in [1.807, 2.05) is 0 Å². The van der Waals surface area contributed by atoms with Crippen molar-refractivity contribution in [3.05, 3.63) is 27.7 Å². The number of benzene rings is 1. The van der Waals surface area contributed by atoms with Gasteiger partial charge in [-0.05, 0) is 38.9 Å². The van der Waals surface area contributed by atoms with Crippen molar-refractivity contribution in [1.29, 1.82) is 0 Å². The minimum atomic E-state index is -0.427. The lowest BCUT2D eigenvalue weighted by atomic mass is 10.2. The number of hydrogen-bond acceptors (Lipinski definition) is 4. The van der Waals surface area contributed by atoms with Crippen LogP contribution < -0.4 is 10.1 Å². The van der Waals surface area contributed by atoms with E-state index in [4.69, 9.17) is 32.7 Å². The summed E-state index contributed by atoms with van der Waals surface area (Å²) < 4.78 is 10.5. The molecule has 0 saturated carbocycles. The molecule has 118 valence electrons. The SMILES string of the molecule is CCCNCc1cc(Cl)cc(Cl)c1OCC(=O)OC(C)C. The Morgan fingerprint density at radius 3 is 2.67 bits per heavy atom. The summed E-state index contributed by atoms with van der Waals surface area (Å²) in [5.41, 5.74) is 0.818. The third kappa shape index (κ3) is 6.55. The smallest absolute Gasteiger partial charge is 0.344 e. The van der Waals surface area contributed by atoms with Crippen molar-refractivity contribution >= 4 is 29.2 Å². The fraction of sp³-hybridized carbons (Fsp3) is 0.533. The third-order valence-corrected chi connectivity index (χ3v) is 3.03. The number of esters is 1. The van der Waals surface area contributed by atoms with E-state index in [9.17, 15) is 4.79 Å². The van der Waals surface area contributed by atoms with Crippen LogP contribution in [0.1, 0.15) is 32.8 Å². The fourth-order valence-corrected chi connectivity index (χ4v) is 2.32. The molecule has 1 aromatic carbocycles. The number of carbonyl (C=O) groups excluding carboxylic acids is 1. The summed E-state index contributed by atoms with van der Waals surface area (Å²) in [6, 6.07) is 3.37. The zero-order valence-electron chi connectivity index (χ0n) is 12.5. The second-order valence-corrected chi connectivity index (χ2v) is 5.72. The van der Waals surface area contributed by atoms with E-state index < -0.39 is 5.97 Å². The Bertz CT molecular complexity index is 478. The topological polar surface area (TPSA) is 47.6 Å². The molecule has 0 fully saturated rings. The monoisotopic (exact) mass is 333 g/mol. The Morgan fingerprint density at radius 2 is 2.05 bits per heavy atom. The molecule has 0 aromatic heterocycles. The standard InChI is InChI=1S/C15H21Cl2NO3/c1-4-5-18-8-11-6-12(16)7-13(17)15(11)20-9-14(19)21-10(2)3/h6-7,10,18H,4-5,8-9H2,1-3H3. The molecule has 1 N–H and O–H groups in total. The van der Waals surface area contributed by atoms with Crippen LogP contribution in [-0.2, 0) is 16.1 Å². The molecule has 0 saturated heterocycles. The van der Waals surface area contributed by atoms with Gasteiger partial charge in [-0.15, -0.1) is 0 Å². The van der Waals surface area contributed by atoms with Crippen LogP contribution in [0.5, 0.6) is 5.75 Å². The number of ether oxygens (including phenoxy) is 2. The van der Waals surface area contributed by atoms with Crippen molar-refractivity contribution in [2.45, 2.75) is 39.8 Å². The first-order valence-corrected chi connectivity index (χ1v) is 7.70. The van der Waals surface area contributed by atoms with Crippen molar-refractivity contribution < 1.29 is 14.3 Å². The maximum Gasteiger partial charge on any atom is 0.344 e. The largest absolute Gasteiger partial charge is 0.480 e. The van der Waals surface area contributed by atoms with Gasteiger partial charge in [-0.1, -0.05) is 30.1 Å². The Balaban J connectivity index is 2.76. The molecule has 0 atom stereocenters. The highest BCUT2D eigenvalue weighted by Crippen LogP contribution is 2.32. The second-order valence-electron chi connectivity index (χ2n) is 4.88. The normalized spacial score (nSPS) is 10.8. The molecule has 0 aliphatic rings. The summed E-state index contributed by atoms with van der Waals surface area (Å²) in [7, 11) is 0. The van der Waals surface area contributed by atoms with Gasteiger partial charge in [0.1, 0.15) is 5.75 Å². The van der Waals surface area contributed by atoms with E-state index in [-0.39, 0.29) is 12.7 Å². The molecule has 21 heavy (non-hydrogen) atoms. The summed E-state index contributed by atoms with van der Waals surface area (Å²) in [5.74, 6) is 0.0360. The second kappa shape index (κ2) is 9.13. The first-order chi connectivity index (χ1) is 9.93. The lowest BCUT2D eigenvalue weighted by Gasteiger charge is -2.15. The number of rotatable bonds is 8. The highest BCUT2D eigenvalue weighted by Gasteiger charge is 2.13. The van der Waals surface area contributed by atoms with Gasteiger partial charge in [0, 0.05) is 17.1 Å². The van der Waals surface area contributed by atoms with Crippen molar-refractivity contribution in [2.24, 2.45) is 0 Å². The predicted octanol–water partition coefficient (Wildman–Crippen LogP) is 3.82. The number of carbonyl (C=O) groups is 1. The Labute approximate surface area is 135 Å². The number of halogens is 2. The lowest BCUT2D eigenvalue weighted by molar-refractivity contribution is -0.149. The highest BCUT2D eigenvalue weighted by molar-refractivity contribution is 6.35. The van der Waals surface area contributed by atoms with Crippen LogP contribution in [0.25, 0.3) is 0 Å². The van der Waals surface area contributed by atoms with Crippen molar-refractivity contribution in [1.82, 2.24) is 5.32 Å². The summed E-state index contributed by atoms with van der Waals surface area (Å²) >= 11 is 12.2. The summed E-state index contributed by atoms with van der Waals surface area (Å²) in [5, 5.41) is 4.17. The van der Waals surface area contributed by atoms with Crippen LogP contribution in [0.4, 0.5) is 0 Å². The van der Waals surface area contributed by atoms with Crippen molar-refractivity contribution in [2.75, 3.05) is 13.2 Å². The molecular formula is C15H21Cl2NO3. The van der Waals surface area contributed by atoms with Crippen LogP contribution in [0.2, 0.25) is 10.0 Å². The summed E-state index contributed by atoms with van der Waals surface area (Å²) in [6.07, 6.45) is 0.845. The molecular weight excluding hydrogens is 313 g/mol.